The van der Waals surface area contributed by atoms with Crippen LogP contribution in [0.2, 0.25) is 0 Å². The quantitative estimate of drug-likeness (QED) is 0.729. The van der Waals surface area contributed by atoms with E-state index < -0.39 is 5.95 Å². The van der Waals surface area contributed by atoms with Crippen molar-refractivity contribution in [1.82, 2.24) is 9.88 Å². The highest BCUT2D eigenvalue weighted by atomic mass is 19.1. The fourth-order valence-corrected chi connectivity index (χ4v) is 3.58. The first-order valence-corrected chi connectivity index (χ1v) is 7.18. The van der Waals surface area contributed by atoms with E-state index >= 15 is 0 Å². The number of fused-ring (bicyclic) bond motifs is 1. The minimum Gasteiger partial charge on any atom is -0.335 e. The molecule has 2 heterocycles. The van der Waals surface area contributed by atoms with Crippen LogP contribution in [0.15, 0.2) is 18.3 Å². The molecular weight excluding hydrogens is 243 g/mol. The summed E-state index contributed by atoms with van der Waals surface area (Å²) in [7, 11) is 0. The van der Waals surface area contributed by atoms with Gasteiger partial charge in [-0.25, -0.2) is 4.98 Å². The van der Waals surface area contributed by atoms with Gasteiger partial charge in [-0.2, -0.15) is 4.39 Å². The first-order valence-electron chi connectivity index (χ1n) is 7.18. The van der Waals surface area contributed by atoms with Crippen molar-refractivity contribution in [2.45, 2.75) is 44.6 Å². The Kier molecular flexibility index (Phi) is 3.49. The maximum Gasteiger partial charge on any atom is 0.254 e. The number of nitrogens with zero attached hydrogens (tertiary/aromatic N) is 2. The summed E-state index contributed by atoms with van der Waals surface area (Å²) in [5.41, 5.74) is 0.429. The fourth-order valence-electron chi connectivity index (χ4n) is 3.58. The number of piperidine rings is 1. The Morgan fingerprint density at radius 1 is 1.26 bits per heavy atom. The molecule has 0 aromatic carbocycles. The van der Waals surface area contributed by atoms with Crippen LogP contribution < -0.4 is 0 Å². The second-order valence-corrected chi connectivity index (χ2v) is 5.62. The Hall–Kier alpha value is -1.45. The number of amides is 1. The second kappa shape index (κ2) is 5.27. The molecule has 0 unspecified atom stereocenters. The molecule has 1 amide bonds. The van der Waals surface area contributed by atoms with E-state index in [0.717, 1.165) is 19.4 Å². The zero-order chi connectivity index (χ0) is 13.2. The van der Waals surface area contributed by atoms with E-state index in [-0.39, 0.29) is 5.91 Å². The third-order valence-corrected chi connectivity index (χ3v) is 4.48. The van der Waals surface area contributed by atoms with Gasteiger partial charge in [0.15, 0.2) is 0 Å². The van der Waals surface area contributed by atoms with Crippen molar-refractivity contribution in [2.24, 2.45) is 5.92 Å². The lowest BCUT2D eigenvalue weighted by molar-refractivity contribution is 0.0390. The van der Waals surface area contributed by atoms with Crippen molar-refractivity contribution in [3.05, 3.63) is 29.8 Å². The lowest BCUT2D eigenvalue weighted by Crippen LogP contribution is -2.49. The number of carbonyl (C=O) groups is 1. The van der Waals surface area contributed by atoms with Gasteiger partial charge in [-0.1, -0.05) is 12.8 Å². The molecule has 1 saturated carbocycles. The second-order valence-electron chi connectivity index (χ2n) is 5.62. The molecule has 1 aromatic rings. The van der Waals surface area contributed by atoms with Gasteiger partial charge in [0, 0.05) is 30.4 Å². The Morgan fingerprint density at radius 2 is 2.05 bits per heavy atom. The van der Waals surface area contributed by atoms with Gasteiger partial charge in [0.1, 0.15) is 0 Å². The molecule has 0 spiro atoms. The first kappa shape index (κ1) is 12.6. The van der Waals surface area contributed by atoms with Crippen molar-refractivity contribution in [2.75, 3.05) is 6.54 Å². The molecule has 3 rings (SSSR count). The van der Waals surface area contributed by atoms with Gasteiger partial charge in [-0.15, -0.1) is 0 Å². The molecule has 1 aliphatic heterocycles. The number of hydrogen-bond acceptors (Lipinski definition) is 2. The summed E-state index contributed by atoms with van der Waals surface area (Å²) in [5, 5.41) is 0. The minimum absolute atomic E-state index is 0.0297. The molecule has 1 aliphatic carbocycles. The lowest BCUT2D eigenvalue weighted by Gasteiger charge is -2.44. The lowest BCUT2D eigenvalue weighted by atomic mass is 9.78. The largest absolute Gasteiger partial charge is 0.335 e. The number of hydrogen-bond donors (Lipinski definition) is 0. The number of carbonyl (C=O) groups excluding carboxylic acids is 1. The average Bonchev–Trinajstić information content (AvgIpc) is 2.46. The van der Waals surface area contributed by atoms with Crippen molar-refractivity contribution in [3.63, 3.8) is 0 Å². The molecule has 102 valence electrons. The number of likely N-dealkylation sites (tertiary alicyclic amines) is 1. The standard InChI is InChI=1S/C15H19FN2O/c16-14-10-12(7-8-17-14)15(19)18-9-3-5-11-4-1-2-6-13(11)18/h7-8,10-11,13H,1-6,9H2/t11-,13-/m1/s1. The number of halogens is 1. The number of rotatable bonds is 1. The minimum atomic E-state index is -0.581. The maximum atomic E-state index is 13.1. The van der Waals surface area contributed by atoms with Gasteiger partial charge in [0.25, 0.3) is 5.91 Å². The zero-order valence-electron chi connectivity index (χ0n) is 11.0. The molecule has 3 nitrogen and oxygen atoms in total. The Balaban J connectivity index is 1.82. The van der Waals surface area contributed by atoms with Gasteiger partial charge in [0.2, 0.25) is 5.95 Å². The number of aromatic nitrogens is 1. The van der Waals surface area contributed by atoms with Gasteiger partial charge in [-0.05, 0) is 37.7 Å². The molecule has 2 atom stereocenters. The van der Waals surface area contributed by atoms with Gasteiger partial charge in [-0.3, -0.25) is 4.79 Å². The van der Waals surface area contributed by atoms with E-state index in [0.29, 0.717) is 17.5 Å². The first-order chi connectivity index (χ1) is 9.25. The van der Waals surface area contributed by atoms with Crippen LogP contribution in [-0.2, 0) is 0 Å². The van der Waals surface area contributed by atoms with Crippen molar-refractivity contribution >= 4 is 5.91 Å². The molecule has 1 saturated heterocycles. The summed E-state index contributed by atoms with van der Waals surface area (Å²) < 4.78 is 13.1. The molecule has 0 bridgehead atoms. The molecular formula is C15H19FN2O. The third kappa shape index (κ3) is 2.48. The maximum absolute atomic E-state index is 13.1. The third-order valence-electron chi connectivity index (χ3n) is 4.48. The van der Waals surface area contributed by atoms with E-state index in [1.54, 1.807) is 6.07 Å². The molecule has 0 radical (unpaired) electrons. The zero-order valence-corrected chi connectivity index (χ0v) is 11.0. The van der Waals surface area contributed by atoms with Crippen molar-refractivity contribution < 1.29 is 9.18 Å². The highest BCUT2D eigenvalue weighted by Crippen LogP contribution is 2.35. The Bertz CT molecular complexity index is 475. The van der Waals surface area contributed by atoms with Crippen LogP contribution in [0.3, 0.4) is 0 Å². The molecule has 19 heavy (non-hydrogen) atoms. The van der Waals surface area contributed by atoms with Gasteiger partial charge < -0.3 is 4.90 Å². The van der Waals surface area contributed by atoms with Crippen LogP contribution in [0.4, 0.5) is 4.39 Å². The van der Waals surface area contributed by atoms with E-state index in [9.17, 15) is 9.18 Å². The molecule has 4 heteroatoms. The van der Waals surface area contributed by atoms with E-state index in [1.807, 2.05) is 4.90 Å². The molecule has 0 N–H and O–H groups in total. The van der Waals surface area contributed by atoms with Crippen molar-refractivity contribution in [3.8, 4) is 0 Å². The summed E-state index contributed by atoms with van der Waals surface area (Å²) in [5.74, 6) is 0.0408. The van der Waals surface area contributed by atoms with E-state index in [1.165, 1.54) is 37.9 Å². The normalized spacial score (nSPS) is 26.9. The van der Waals surface area contributed by atoms with Crippen LogP contribution in [0, 0.1) is 11.9 Å². The highest BCUT2D eigenvalue weighted by Gasteiger charge is 2.35. The molecule has 2 fully saturated rings. The molecule has 1 aromatic heterocycles. The van der Waals surface area contributed by atoms with Crippen LogP contribution in [0.5, 0.6) is 0 Å². The summed E-state index contributed by atoms with van der Waals surface area (Å²) in [6.45, 7) is 0.809. The summed E-state index contributed by atoms with van der Waals surface area (Å²) in [6.07, 6.45) is 8.50. The predicted molar refractivity (Wildman–Crippen MR) is 70.2 cm³/mol. The SMILES string of the molecule is O=C(c1ccnc(F)c1)N1CCC[C@H]2CCCC[C@H]21. The fraction of sp³-hybridized carbons (Fsp3) is 0.600. The Morgan fingerprint density at radius 3 is 2.89 bits per heavy atom. The smallest absolute Gasteiger partial charge is 0.254 e. The van der Waals surface area contributed by atoms with Crippen LogP contribution in [0.1, 0.15) is 48.9 Å². The average molecular weight is 262 g/mol. The highest BCUT2D eigenvalue weighted by molar-refractivity contribution is 5.94. The monoisotopic (exact) mass is 262 g/mol. The van der Waals surface area contributed by atoms with E-state index in [4.69, 9.17) is 0 Å². The Labute approximate surface area is 112 Å². The van der Waals surface area contributed by atoms with E-state index in [2.05, 4.69) is 4.98 Å². The van der Waals surface area contributed by atoms with Crippen LogP contribution in [-0.4, -0.2) is 28.4 Å². The summed E-state index contributed by atoms with van der Waals surface area (Å²) in [6, 6.07) is 3.22. The topological polar surface area (TPSA) is 33.2 Å². The van der Waals surface area contributed by atoms with Crippen LogP contribution >= 0.6 is 0 Å². The van der Waals surface area contributed by atoms with Gasteiger partial charge >= 0.3 is 0 Å². The summed E-state index contributed by atoms with van der Waals surface area (Å²) in [4.78, 5) is 18.0. The molecule has 2 aliphatic rings. The van der Waals surface area contributed by atoms with Crippen LogP contribution in [0.25, 0.3) is 0 Å². The van der Waals surface area contributed by atoms with Crippen molar-refractivity contribution in [1.29, 1.82) is 0 Å². The predicted octanol–water partition coefficient (Wildman–Crippen LogP) is 3.02. The number of pyridine rings is 1. The summed E-state index contributed by atoms with van der Waals surface area (Å²) >= 11 is 0. The van der Waals surface area contributed by atoms with Gasteiger partial charge in [0.05, 0.1) is 0 Å².